The maximum Gasteiger partial charge on any atom is 0.494 e. The van der Waals surface area contributed by atoms with Crippen LogP contribution < -0.4 is 5.46 Å². The van der Waals surface area contributed by atoms with Gasteiger partial charge in [0.05, 0.1) is 17.0 Å². The minimum Gasteiger partial charge on any atom is -0.399 e. The van der Waals surface area contributed by atoms with Crippen molar-refractivity contribution in [2.24, 2.45) is 0 Å². The van der Waals surface area contributed by atoms with E-state index in [1.54, 1.807) is 18.4 Å². The fourth-order valence-electron chi connectivity index (χ4n) is 2.03. The highest BCUT2D eigenvalue weighted by Gasteiger charge is 2.51. The monoisotopic (exact) mass is 298 g/mol. The van der Waals surface area contributed by atoms with Gasteiger partial charge in [-0.2, -0.15) is 0 Å². The highest BCUT2D eigenvalue weighted by Crippen LogP contribution is 2.36. The van der Waals surface area contributed by atoms with Crippen molar-refractivity contribution < 1.29 is 17.9 Å². The lowest BCUT2D eigenvalue weighted by Gasteiger charge is -2.32. The first kappa shape index (κ1) is 15.7. The summed E-state index contributed by atoms with van der Waals surface area (Å²) < 4.78 is 36.9. The lowest BCUT2D eigenvalue weighted by molar-refractivity contribution is 0.00578. The van der Waals surface area contributed by atoms with Gasteiger partial charge < -0.3 is 9.31 Å². The Morgan fingerprint density at radius 3 is 2.20 bits per heavy atom. The maximum absolute atomic E-state index is 14.0. The van der Waals surface area contributed by atoms with Gasteiger partial charge in [0.15, 0.2) is 0 Å². The highest BCUT2D eigenvalue weighted by molar-refractivity contribution is 7.83. The largest absolute Gasteiger partial charge is 0.494 e. The smallest absolute Gasteiger partial charge is 0.399 e. The quantitative estimate of drug-likeness (QED) is 0.801. The molecule has 1 aliphatic rings. The van der Waals surface area contributed by atoms with Crippen LogP contribution in [0.5, 0.6) is 0 Å². The van der Waals surface area contributed by atoms with Crippen LogP contribution in [0.15, 0.2) is 18.2 Å². The summed E-state index contributed by atoms with van der Waals surface area (Å²) in [6, 6.07) is 4.83. The molecule has 0 saturated carbocycles. The standard InChI is InChI=1S/C14H20BFO3S/c1-13(2)14(3,4)19-15(18-13)11-7-6-10(9-20(5)17)12(16)8-11/h6-8H,9H2,1-5H3. The first-order chi connectivity index (χ1) is 9.12. The minimum atomic E-state index is -1.06. The molecule has 0 amide bonds. The lowest BCUT2D eigenvalue weighted by atomic mass is 9.79. The fourth-order valence-corrected chi connectivity index (χ4v) is 2.70. The van der Waals surface area contributed by atoms with Gasteiger partial charge in [-0.15, -0.1) is 0 Å². The van der Waals surface area contributed by atoms with Gasteiger partial charge >= 0.3 is 7.12 Å². The van der Waals surface area contributed by atoms with Crippen molar-refractivity contribution in [2.45, 2.75) is 44.6 Å². The van der Waals surface area contributed by atoms with Gasteiger partial charge in [0.1, 0.15) is 5.82 Å². The molecule has 1 saturated heterocycles. The van der Waals surface area contributed by atoms with Crippen LogP contribution in [0.2, 0.25) is 0 Å². The third kappa shape index (κ3) is 2.97. The van der Waals surface area contributed by atoms with Crippen LogP contribution in [0.25, 0.3) is 0 Å². The van der Waals surface area contributed by atoms with Gasteiger partial charge in [-0.05, 0) is 39.2 Å². The molecule has 1 heterocycles. The Morgan fingerprint density at radius 2 is 1.75 bits per heavy atom. The van der Waals surface area contributed by atoms with Gasteiger partial charge in [0.25, 0.3) is 0 Å². The van der Waals surface area contributed by atoms with Crippen LogP contribution in [0.1, 0.15) is 33.3 Å². The summed E-state index contributed by atoms with van der Waals surface area (Å²) >= 11 is 0. The molecule has 0 radical (unpaired) electrons. The van der Waals surface area contributed by atoms with E-state index in [1.165, 1.54) is 6.07 Å². The van der Waals surface area contributed by atoms with E-state index in [-0.39, 0.29) is 11.6 Å². The molecule has 0 spiro atoms. The molecule has 0 aliphatic carbocycles. The average molecular weight is 298 g/mol. The molecule has 6 heteroatoms. The van der Waals surface area contributed by atoms with Crippen molar-refractivity contribution in [3.63, 3.8) is 0 Å². The number of hydrogen-bond donors (Lipinski definition) is 0. The summed E-state index contributed by atoms with van der Waals surface area (Å²) in [5.41, 5.74) is 0.202. The highest BCUT2D eigenvalue weighted by atomic mass is 32.2. The van der Waals surface area contributed by atoms with Crippen LogP contribution >= 0.6 is 0 Å². The van der Waals surface area contributed by atoms with Gasteiger partial charge in [-0.3, -0.25) is 4.21 Å². The Hall–Kier alpha value is -0.715. The van der Waals surface area contributed by atoms with Crippen molar-refractivity contribution in [3.05, 3.63) is 29.6 Å². The van der Waals surface area contributed by atoms with Crippen LogP contribution in [0.4, 0.5) is 4.39 Å². The van der Waals surface area contributed by atoms with Crippen LogP contribution in [-0.4, -0.2) is 28.8 Å². The summed E-state index contributed by atoms with van der Waals surface area (Å²) in [5.74, 6) is -0.150. The van der Waals surface area contributed by atoms with E-state index in [9.17, 15) is 8.60 Å². The molecule has 2 rings (SSSR count). The number of rotatable bonds is 3. The molecule has 1 atom stereocenters. The zero-order valence-electron chi connectivity index (χ0n) is 12.5. The van der Waals surface area contributed by atoms with Crippen molar-refractivity contribution in [3.8, 4) is 0 Å². The summed E-state index contributed by atoms with van der Waals surface area (Å²) in [7, 11) is -1.64. The molecule has 1 aromatic carbocycles. The molecule has 3 nitrogen and oxygen atoms in total. The summed E-state index contributed by atoms with van der Waals surface area (Å²) in [4.78, 5) is 0. The Bertz CT molecular complexity index is 529. The molecule has 110 valence electrons. The molecular weight excluding hydrogens is 278 g/mol. The Morgan fingerprint density at radius 1 is 1.20 bits per heavy atom. The van der Waals surface area contributed by atoms with Gasteiger partial charge in [-0.1, -0.05) is 12.1 Å². The van der Waals surface area contributed by atoms with Crippen molar-refractivity contribution in [1.29, 1.82) is 0 Å². The molecule has 0 bridgehead atoms. The number of hydrogen-bond acceptors (Lipinski definition) is 3. The van der Waals surface area contributed by atoms with E-state index in [0.29, 0.717) is 11.0 Å². The Labute approximate surface area is 122 Å². The van der Waals surface area contributed by atoms with E-state index in [2.05, 4.69) is 0 Å². The number of halogens is 1. The summed E-state index contributed by atoms with van der Waals surface area (Å²) in [6.45, 7) is 7.83. The van der Waals surface area contributed by atoms with Crippen molar-refractivity contribution in [2.75, 3.05) is 6.26 Å². The maximum atomic E-state index is 14.0. The first-order valence-corrected chi connectivity index (χ1v) is 8.29. The van der Waals surface area contributed by atoms with Crippen molar-refractivity contribution >= 4 is 23.4 Å². The SMILES string of the molecule is CS(=O)Cc1ccc(B2OC(C)(C)C(C)(C)O2)cc1F. The molecule has 20 heavy (non-hydrogen) atoms. The zero-order valence-corrected chi connectivity index (χ0v) is 13.3. The molecule has 1 fully saturated rings. The lowest BCUT2D eigenvalue weighted by Crippen LogP contribution is -2.41. The van der Waals surface area contributed by atoms with Crippen LogP contribution in [0.3, 0.4) is 0 Å². The Kier molecular flexibility index (Phi) is 4.11. The molecule has 1 aliphatic heterocycles. The number of benzene rings is 1. The molecule has 0 aromatic heterocycles. The fraction of sp³-hybridized carbons (Fsp3) is 0.571. The van der Waals surface area contributed by atoms with Crippen LogP contribution in [-0.2, 0) is 25.9 Å². The minimum absolute atomic E-state index is 0.218. The van der Waals surface area contributed by atoms with E-state index >= 15 is 0 Å². The van der Waals surface area contributed by atoms with E-state index < -0.39 is 29.1 Å². The van der Waals surface area contributed by atoms with Crippen LogP contribution in [0, 0.1) is 5.82 Å². The summed E-state index contributed by atoms with van der Waals surface area (Å²) in [5, 5.41) is 0. The van der Waals surface area contributed by atoms with E-state index in [4.69, 9.17) is 9.31 Å². The van der Waals surface area contributed by atoms with Gasteiger partial charge in [0.2, 0.25) is 0 Å². The molecular formula is C14H20BFO3S. The molecule has 0 N–H and O–H groups in total. The summed E-state index contributed by atoms with van der Waals surface area (Å²) in [6.07, 6.45) is 1.56. The van der Waals surface area contributed by atoms with Gasteiger partial charge in [-0.25, -0.2) is 4.39 Å². The third-order valence-corrected chi connectivity index (χ3v) is 4.68. The molecule has 1 unspecified atom stereocenters. The average Bonchev–Trinajstić information content (AvgIpc) is 2.50. The predicted octanol–water partition coefficient (Wildman–Crippen LogP) is 2.00. The topological polar surface area (TPSA) is 35.5 Å². The van der Waals surface area contributed by atoms with Gasteiger partial charge in [0, 0.05) is 22.6 Å². The second-order valence-electron chi connectivity index (χ2n) is 6.16. The normalized spacial score (nSPS) is 22.0. The van der Waals surface area contributed by atoms with E-state index in [0.717, 1.165) is 0 Å². The third-order valence-electron chi connectivity index (χ3n) is 3.96. The van der Waals surface area contributed by atoms with Crippen molar-refractivity contribution in [1.82, 2.24) is 0 Å². The zero-order chi connectivity index (χ0) is 15.1. The molecule has 1 aromatic rings. The predicted molar refractivity (Wildman–Crippen MR) is 79.9 cm³/mol. The Balaban J connectivity index is 2.24. The van der Waals surface area contributed by atoms with E-state index in [1.807, 2.05) is 27.7 Å². The first-order valence-electron chi connectivity index (χ1n) is 6.56. The second-order valence-corrected chi connectivity index (χ2v) is 7.59. The second kappa shape index (κ2) is 5.24.